The molecule has 1 saturated carbocycles. The summed E-state index contributed by atoms with van der Waals surface area (Å²) in [7, 11) is 0. The van der Waals surface area contributed by atoms with Crippen molar-refractivity contribution in [1.29, 1.82) is 0 Å². The van der Waals surface area contributed by atoms with Gasteiger partial charge in [-0.3, -0.25) is 0 Å². The first-order chi connectivity index (χ1) is 8.65. The quantitative estimate of drug-likeness (QED) is 0.750. The summed E-state index contributed by atoms with van der Waals surface area (Å²) in [5.74, 6) is 0.763. The van der Waals surface area contributed by atoms with Gasteiger partial charge in [-0.1, -0.05) is 0 Å². The van der Waals surface area contributed by atoms with Gasteiger partial charge in [-0.05, 0) is 49.4 Å². The molecule has 0 spiro atoms. The summed E-state index contributed by atoms with van der Waals surface area (Å²) in [4.78, 5) is 0. The number of hydrogen-bond acceptors (Lipinski definition) is 3. The van der Waals surface area contributed by atoms with Crippen molar-refractivity contribution in [3.8, 4) is 0 Å². The van der Waals surface area contributed by atoms with Gasteiger partial charge in [-0.15, -0.1) is 0 Å². The van der Waals surface area contributed by atoms with E-state index in [1.54, 1.807) is 12.1 Å². The van der Waals surface area contributed by atoms with Crippen molar-refractivity contribution in [3.05, 3.63) is 41.5 Å². The van der Waals surface area contributed by atoms with Crippen LogP contribution in [0.3, 0.4) is 0 Å². The Morgan fingerprint density at radius 3 is 2.61 bits per heavy atom. The number of nitrogens with one attached hydrogen (secondary N) is 1. The summed E-state index contributed by atoms with van der Waals surface area (Å²) in [6.07, 6.45) is 3.40. The van der Waals surface area contributed by atoms with Gasteiger partial charge >= 0.3 is 0 Å². The minimum absolute atomic E-state index is 0.0196. The summed E-state index contributed by atoms with van der Waals surface area (Å²) < 4.78 is 12.9. The van der Waals surface area contributed by atoms with E-state index in [0.717, 1.165) is 36.3 Å². The maximum Gasteiger partial charge on any atom is 0.123 e. The molecular weight excluding hydrogens is 229 g/mol. The fourth-order valence-corrected chi connectivity index (χ4v) is 3.12. The van der Waals surface area contributed by atoms with Crippen LogP contribution in [0, 0.1) is 17.7 Å². The van der Waals surface area contributed by atoms with Gasteiger partial charge < -0.3 is 16.8 Å². The normalized spacial score (nSPS) is 30.7. The minimum atomic E-state index is -0.240. The molecule has 3 unspecified atom stereocenters. The molecule has 1 fully saturated rings. The van der Waals surface area contributed by atoms with E-state index in [-0.39, 0.29) is 11.9 Å². The summed E-state index contributed by atoms with van der Waals surface area (Å²) in [6, 6.07) is 6.26. The molecule has 0 aromatic heterocycles. The van der Waals surface area contributed by atoms with Crippen molar-refractivity contribution >= 4 is 5.69 Å². The van der Waals surface area contributed by atoms with E-state index < -0.39 is 0 Å². The molecule has 0 heterocycles. The lowest BCUT2D eigenvalue weighted by Crippen LogP contribution is -2.39. The summed E-state index contributed by atoms with van der Waals surface area (Å²) in [6.45, 7) is 0. The average Bonchev–Trinajstić information content (AvgIpc) is 2.82. The second-order valence-corrected chi connectivity index (χ2v) is 5.30. The molecular formula is C14H18FN3. The van der Waals surface area contributed by atoms with Crippen LogP contribution in [0.2, 0.25) is 0 Å². The highest BCUT2D eigenvalue weighted by Crippen LogP contribution is 2.42. The zero-order valence-corrected chi connectivity index (χ0v) is 10.2. The molecule has 0 saturated heterocycles. The smallest absolute Gasteiger partial charge is 0.123 e. The molecule has 0 aliphatic heterocycles. The Balaban J connectivity index is 1.87. The van der Waals surface area contributed by atoms with Crippen molar-refractivity contribution in [1.82, 2.24) is 0 Å². The molecule has 96 valence electrons. The first kappa shape index (κ1) is 11.5. The lowest BCUT2D eigenvalue weighted by molar-refractivity contribution is 0.430. The molecule has 5 N–H and O–H groups in total. The van der Waals surface area contributed by atoms with Crippen LogP contribution in [-0.2, 0) is 0 Å². The average molecular weight is 247 g/mol. The molecule has 3 rings (SSSR count). The summed E-state index contributed by atoms with van der Waals surface area (Å²) in [5, 5.41) is 3.27. The number of anilines is 1. The Hall–Kier alpha value is -1.55. The summed E-state index contributed by atoms with van der Waals surface area (Å²) in [5.41, 5.74) is 15.1. The molecule has 3 atom stereocenters. The van der Waals surface area contributed by atoms with E-state index in [1.165, 1.54) is 12.1 Å². The first-order valence-corrected chi connectivity index (χ1v) is 6.43. The second kappa shape index (κ2) is 4.28. The predicted octanol–water partition coefficient (Wildman–Crippen LogP) is 2.17. The fourth-order valence-electron chi connectivity index (χ4n) is 3.12. The molecule has 2 bridgehead atoms. The fraction of sp³-hybridized carbons (Fsp3) is 0.429. The van der Waals surface area contributed by atoms with E-state index >= 15 is 0 Å². The molecule has 3 nitrogen and oxygen atoms in total. The molecule has 2 aliphatic carbocycles. The molecule has 0 amide bonds. The summed E-state index contributed by atoms with van der Waals surface area (Å²) >= 11 is 0. The van der Waals surface area contributed by atoms with E-state index in [4.69, 9.17) is 11.5 Å². The van der Waals surface area contributed by atoms with E-state index in [2.05, 4.69) is 5.32 Å². The lowest BCUT2D eigenvalue weighted by Gasteiger charge is -2.30. The largest absolute Gasteiger partial charge is 0.400 e. The Bertz CT molecular complexity index is 480. The standard InChI is InChI=1S/C14H18FN3/c15-10-3-5-11(6-4-10)18-14-12(16)8-1-2-9(7-8)13(14)17/h3-6,8-9,12,18H,1-2,7,16-17H2. The van der Waals surface area contributed by atoms with Gasteiger partial charge in [0.25, 0.3) is 0 Å². The van der Waals surface area contributed by atoms with Crippen LogP contribution >= 0.6 is 0 Å². The van der Waals surface area contributed by atoms with E-state index in [9.17, 15) is 4.39 Å². The number of allylic oxidation sites excluding steroid dienone is 1. The zero-order valence-electron chi connectivity index (χ0n) is 10.2. The topological polar surface area (TPSA) is 64.1 Å². The third-order valence-corrected chi connectivity index (χ3v) is 4.19. The Kier molecular flexibility index (Phi) is 2.74. The van der Waals surface area contributed by atoms with Crippen molar-refractivity contribution in [3.63, 3.8) is 0 Å². The number of halogens is 1. The van der Waals surface area contributed by atoms with Gasteiger partial charge in [0, 0.05) is 23.3 Å². The van der Waals surface area contributed by atoms with Crippen molar-refractivity contribution in [2.75, 3.05) is 5.32 Å². The SMILES string of the molecule is NC1=C(Nc2ccc(F)cc2)C(N)C2CCC1C2. The molecule has 1 aromatic carbocycles. The van der Waals surface area contributed by atoms with Crippen LogP contribution < -0.4 is 16.8 Å². The molecule has 1 aromatic rings. The highest BCUT2D eigenvalue weighted by molar-refractivity contribution is 5.51. The van der Waals surface area contributed by atoms with Gasteiger partial charge in [0.1, 0.15) is 5.82 Å². The van der Waals surface area contributed by atoms with Crippen molar-refractivity contribution < 1.29 is 4.39 Å². The zero-order chi connectivity index (χ0) is 12.7. The second-order valence-electron chi connectivity index (χ2n) is 5.30. The van der Waals surface area contributed by atoms with Crippen LogP contribution in [0.5, 0.6) is 0 Å². The monoisotopic (exact) mass is 247 g/mol. The van der Waals surface area contributed by atoms with Crippen LogP contribution in [-0.4, -0.2) is 6.04 Å². The Morgan fingerprint density at radius 2 is 1.89 bits per heavy atom. The van der Waals surface area contributed by atoms with Gasteiger partial charge in [-0.25, -0.2) is 4.39 Å². The predicted molar refractivity (Wildman–Crippen MR) is 70.0 cm³/mol. The van der Waals surface area contributed by atoms with Gasteiger partial charge in [0.15, 0.2) is 0 Å². The molecule has 4 heteroatoms. The first-order valence-electron chi connectivity index (χ1n) is 6.43. The third kappa shape index (κ3) is 1.86. The van der Waals surface area contributed by atoms with Crippen molar-refractivity contribution in [2.24, 2.45) is 23.3 Å². The van der Waals surface area contributed by atoms with Crippen LogP contribution in [0.25, 0.3) is 0 Å². The van der Waals surface area contributed by atoms with Crippen LogP contribution in [0.1, 0.15) is 19.3 Å². The third-order valence-electron chi connectivity index (χ3n) is 4.19. The van der Waals surface area contributed by atoms with Crippen LogP contribution in [0.15, 0.2) is 35.7 Å². The Morgan fingerprint density at radius 1 is 1.17 bits per heavy atom. The maximum atomic E-state index is 12.9. The van der Waals surface area contributed by atoms with Gasteiger partial charge in [0.05, 0.1) is 5.70 Å². The highest BCUT2D eigenvalue weighted by atomic mass is 19.1. The van der Waals surface area contributed by atoms with Crippen LogP contribution in [0.4, 0.5) is 10.1 Å². The van der Waals surface area contributed by atoms with Gasteiger partial charge in [0.2, 0.25) is 0 Å². The maximum absolute atomic E-state index is 12.9. The number of nitrogens with two attached hydrogens (primary N) is 2. The number of rotatable bonds is 2. The Labute approximate surface area is 106 Å². The highest BCUT2D eigenvalue weighted by Gasteiger charge is 2.38. The molecule has 0 radical (unpaired) electrons. The van der Waals surface area contributed by atoms with Crippen molar-refractivity contribution in [2.45, 2.75) is 25.3 Å². The number of hydrogen-bond donors (Lipinski definition) is 3. The van der Waals surface area contributed by atoms with E-state index in [1.807, 2.05) is 0 Å². The minimum Gasteiger partial charge on any atom is -0.400 e. The van der Waals surface area contributed by atoms with Gasteiger partial charge in [-0.2, -0.15) is 0 Å². The number of benzene rings is 1. The lowest BCUT2D eigenvalue weighted by atomic mass is 9.86. The number of fused-ring (bicyclic) bond motifs is 2. The molecule has 18 heavy (non-hydrogen) atoms. The molecule has 2 aliphatic rings. The van der Waals surface area contributed by atoms with E-state index in [0.29, 0.717) is 11.8 Å².